The molecule has 0 aliphatic carbocycles. The van der Waals surface area contributed by atoms with Crippen molar-refractivity contribution in [3.05, 3.63) is 45.9 Å². The summed E-state index contributed by atoms with van der Waals surface area (Å²) in [4.78, 5) is 40.9. The number of thioether (sulfide) groups is 1. The number of carbonyl (C=O) groups excluding carboxylic acids is 3. The van der Waals surface area contributed by atoms with Crippen LogP contribution in [0.15, 0.2) is 29.6 Å². The first-order valence-electron chi connectivity index (χ1n) is 7.58. The van der Waals surface area contributed by atoms with Gasteiger partial charge in [-0.2, -0.15) is 0 Å². The van der Waals surface area contributed by atoms with Crippen molar-refractivity contribution >= 4 is 58.2 Å². The van der Waals surface area contributed by atoms with Crippen molar-refractivity contribution in [2.45, 2.75) is 13.0 Å². The summed E-state index contributed by atoms with van der Waals surface area (Å²) in [6.45, 7) is 0.740. The van der Waals surface area contributed by atoms with Gasteiger partial charge in [0, 0.05) is 17.5 Å². The summed E-state index contributed by atoms with van der Waals surface area (Å²) in [5, 5.41) is 5.09. The van der Waals surface area contributed by atoms with E-state index in [1.807, 2.05) is 0 Å². The van der Waals surface area contributed by atoms with E-state index in [1.165, 1.54) is 16.2 Å². The van der Waals surface area contributed by atoms with Gasteiger partial charge >= 0.3 is 0 Å². The van der Waals surface area contributed by atoms with Gasteiger partial charge in [0.1, 0.15) is 5.69 Å². The van der Waals surface area contributed by atoms with Gasteiger partial charge in [-0.25, -0.2) is 4.98 Å². The highest BCUT2D eigenvalue weighted by Crippen LogP contribution is 2.22. The molecule has 0 spiro atoms. The summed E-state index contributed by atoms with van der Waals surface area (Å²) in [5.74, 6) is -0.259. The highest BCUT2D eigenvalue weighted by Gasteiger charge is 2.29. The molecular formula is C16H17ClN4O3S2. The number of halogens is 1. The molecule has 1 aromatic carbocycles. The van der Waals surface area contributed by atoms with E-state index < -0.39 is 0 Å². The normalized spacial score (nSPS) is 13.7. The number of anilines is 1. The van der Waals surface area contributed by atoms with Crippen LogP contribution in [-0.2, 0) is 17.8 Å². The largest absolute Gasteiger partial charge is 0.330 e. The van der Waals surface area contributed by atoms with Crippen molar-refractivity contribution in [1.29, 1.82) is 0 Å². The number of benzene rings is 1. The molecule has 2 aromatic rings. The quantitative estimate of drug-likeness (QED) is 0.755. The number of nitrogens with two attached hydrogens (primary N) is 1. The fourth-order valence-corrected chi connectivity index (χ4v) is 3.78. The third kappa shape index (κ3) is 4.82. The maximum Gasteiger partial charge on any atom is 0.289 e. The van der Waals surface area contributed by atoms with Gasteiger partial charge in [0.25, 0.3) is 11.1 Å². The second-order valence-electron chi connectivity index (χ2n) is 5.35. The molecule has 1 aliphatic heterocycles. The van der Waals surface area contributed by atoms with E-state index in [0.717, 1.165) is 22.3 Å². The Morgan fingerprint density at radius 2 is 2.00 bits per heavy atom. The zero-order valence-electron chi connectivity index (χ0n) is 13.6. The predicted molar refractivity (Wildman–Crippen MR) is 105 cm³/mol. The molecular weight excluding hydrogens is 396 g/mol. The molecule has 0 unspecified atom stereocenters. The molecule has 26 heavy (non-hydrogen) atoms. The minimum Gasteiger partial charge on any atom is -0.330 e. The molecule has 1 fully saturated rings. The smallest absolute Gasteiger partial charge is 0.289 e. The number of hydrogen-bond donors (Lipinski definition) is 2. The Morgan fingerprint density at radius 3 is 2.62 bits per heavy atom. The van der Waals surface area contributed by atoms with Gasteiger partial charge in [-0.3, -0.25) is 19.3 Å². The molecule has 0 atom stereocenters. The third-order valence-corrected chi connectivity index (χ3v) is 5.30. The summed E-state index contributed by atoms with van der Waals surface area (Å²) in [5.41, 5.74) is 7.28. The summed E-state index contributed by atoms with van der Waals surface area (Å²) in [6, 6.07) is 7.03. The highest BCUT2D eigenvalue weighted by atomic mass is 35.5. The SMILES string of the molecule is Cl.NCCc1nc(C(=O)Nc2ccc(CN3C(=O)CSC3=O)cc2)cs1. The first-order chi connectivity index (χ1) is 12.1. The minimum atomic E-state index is -0.284. The molecule has 138 valence electrons. The first-order valence-corrected chi connectivity index (χ1v) is 9.45. The van der Waals surface area contributed by atoms with Crippen LogP contribution >= 0.6 is 35.5 Å². The van der Waals surface area contributed by atoms with Crippen molar-refractivity contribution < 1.29 is 14.4 Å². The summed E-state index contributed by atoms with van der Waals surface area (Å²) < 4.78 is 0. The van der Waals surface area contributed by atoms with Crippen LogP contribution in [0.5, 0.6) is 0 Å². The zero-order valence-corrected chi connectivity index (χ0v) is 16.1. The van der Waals surface area contributed by atoms with Gasteiger partial charge in [-0.15, -0.1) is 23.7 Å². The number of nitrogens with one attached hydrogen (secondary N) is 1. The average Bonchev–Trinajstić information content (AvgIpc) is 3.19. The number of carbonyl (C=O) groups is 3. The number of rotatable bonds is 6. The van der Waals surface area contributed by atoms with Gasteiger partial charge in [0.05, 0.1) is 17.3 Å². The Hall–Kier alpha value is -1.94. The van der Waals surface area contributed by atoms with E-state index in [4.69, 9.17) is 5.73 Å². The van der Waals surface area contributed by atoms with Gasteiger partial charge in [0.2, 0.25) is 5.91 Å². The molecule has 1 saturated heterocycles. The number of nitrogens with zero attached hydrogens (tertiary/aromatic N) is 2. The average molecular weight is 413 g/mol. The van der Waals surface area contributed by atoms with Crippen LogP contribution in [0.2, 0.25) is 0 Å². The number of amides is 3. The molecule has 3 amide bonds. The van der Waals surface area contributed by atoms with Crippen LogP contribution in [0, 0.1) is 0 Å². The molecule has 3 rings (SSSR count). The second-order valence-corrected chi connectivity index (χ2v) is 7.22. The minimum absolute atomic E-state index is 0. The summed E-state index contributed by atoms with van der Waals surface area (Å²) in [7, 11) is 0. The van der Waals surface area contributed by atoms with Gasteiger partial charge in [0.15, 0.2) is 0 Å². The maximum absolute atomic E-state index is 12.2. The molecule has 7 nitrogen and oxygen atoms in total. The molecule has 1 aliphatic rings. The number of thiazole rings is 1. The van der Waals surface area contributed by atoms with Crippen molar-refractivity contribution in [3.8, 4) is 0 Å². The molecule has 1 aromatic heterocycles. The number of aromatic nitrogens is 1. The number of imide groups is 1. The van der Waals surface area contributed by atoms with Gasteiger partial charge < -0.3 is 11.1 Å². The van der Waals surface area contributed by atoms with E-state index >= 15 is 0 Å². The lowest BCUT2D eigenvalue weighted by molar-refractivity contribution is -0.125. The second kappa shape index (κ2) is 9.13. The van der Waals surface area contributed by atoms with Crippen LogP contribution in [-0.4, -0.2) is 39.2 Å². The van der Waals surface area contributed by atoms with Crippen LogP contribution in [0.1, 0.15) is 21.1 Å². The molecule has 3 N–H and O–H groups in total. The van der Waals surface area contributed by atoms with Crippen molar-refractivity contribution in [3.63, 3.8) is 0 Å². The molecule has 2 heterocycles. The Bertz CT molecular complexity index is 794. The van der Waals surface area contributed by atoms with E-state index in [0.29, 0.717) is 24.3 Å². The Labute approximate surface area is 164 Å². The van der Waals surface area contributed by atoms with E-state index in [9.17, 15) is 14.4 Å². The lowest BCUT2D eigenvalue weighted by atomic mass is 10.2. The highest BCUT2D eigenvalue weighted by molar-refractivity contribution is 8.14. The lowest BCUT2D eigenvalue weighted by Gasteiger charge is -2.13. The van der Waals surface area contributed by atoms with E-state index in [1.54, 1.807) is 29.6 Å². The van der Waals surface area contributed by atoms with Gasteiger partial charge in [-0.1, -0.05) is 23.9 Å². The van der Waals surface area contributed by atoms with Crippen molar-refractivity contribution in [1.82, 2.24) is 9.88 Å². The summed E-state index contributed by atoms with van der Waals surface area (Å²) >= 11 is 2.42. The topological polar surface area (TPSA) is 105 Å². The Morgan fingerprint density at radius 1 is 1.27 bits per heavy atom. The Balaban J connectivity index is 0.00000243. The van der Waals surface area contributed by atoms with Crippen LogP contribution in [0.3, 0.4) is 0 Å². The standard InChI is InChI=1S/C16H16N4O3S2.ClH/c17-6-5-13-19-12(8-24-13)15(22)18-11-3-1-10(2-4-11)7-20-14(21)9-25-16(20)23;/h1-4,8H,5-7,9,17H2,(H,18,22);1H. The van der Waals surface area contributed by atoms with Crippen molar-refractivity contribution in [2.24, 2.45) is 5.73 Å². The fraction of sp³-hybridized carbons (Fsp3) is 0.250. The number of hydrogen-bond acceptors (Lipinski definition) is 7. The van der Waals surface area contributed by atoms with Crippen LogP contribution in [0.25, 0.3) is 0 Å². The Kier molecular flexibility index (Phi) is 7.15. The van der Waals surface area contributed by atoms with E-state index in [2.05, 4.69) is 10.3 Å². The monoisotopic (exact) mass is 412 g/mol. The summed E-state index contributed by atoms with van der Waals surface area (Å²) in [6.07, 6.45) is 0.652. The first kappa shape index (κ1) is 20.4. The molecule has 0 radical (unpaired) electrons. The molecule has 0 saturated carbocycles. The van der Waals surface area contributed by atoms with E-state index in [-0.39, 0.29) is 41.8 Å². The van der Waals surface area contributed by atoms with Crippen LogP contribution < -0.4 is 11.1 Å². The van der Waals surface area contributed by atoms with Gasteiger partial charge in [-0.05, 0) is 24.2 Å². The fourth-order valence-electron chi connectivity index (χ4n) is 2.26. The molecule has 10 heteroatoms. The maximum atomic E-state index is 12.2. The molecule has 0 bridgehead atoms. The third-order valence-electron chi connectivity index (χ3n) is 3.54. The predicted octanol–water partition coefficient (Wildman–Crippen LogP) is 2.51. The van der Waals surface area contributed by atoms with Crippen molar-refractivity contribution in [2.75, 3.05) is 17.6 Å². The van der Waals surface area contributed by atoms with Crippen LogP contribution in [0.4, 0.5) is 10.5 Å². The zero-order chi connectivity index (χ0) is 17.8. The lowest BCUT2D eigenvalue weighted by Crippen LogP contribution is -2.27.